The molecule has 7 aliphatic rings. The van der Waals surface area contributed by atoms with E-state index in [1.807, 2.05) is 88.2 Å². The van der Waals surface area contributed by atoms with Crippen LogP contribution in [0.5, 0.6) is 5.75 Å². The molecule has 1 aliphatic carbocycles. The number of piperidine rings is 1. The standard InChI is InChI=1S/C60H74N6O11/c1-11-56(62-48(68)38-18-19-44-37(28-38)20-26-66(44)54(71)77-55(4,5)6)31-36-32-59(52(69)74-9,47-40(21-25-64(33-36)34-56)39-16-13-14-17-43(39)61-47)42-29-41-45(30-46(42)73-8)63(7)50-58(41)23-27-65-24-15-22-57(12-2,49(58)65)51(76-35(3)67)60(50,72)53(70)75-10/h13-19,22,28-30,36,49-51,61,72H,11-12,20-21,23-27,31-34H2,1-10H3,(H,62,68)/t36-,49+,50-,51-,56+,57-,58-,59+,60+/m1/s1. The maximum Gasteiger partial charge on any atom is 0.414 e. The van der Waals surface area contributed by atoms with Crippen LogP contribution in [0.4, 0.5) is 16.2 Å². The van der Waals surface area contributed by atoms with Crippen molar-refractivity contribution < 1.29 is 52.8 Å². The van der Waals surface area contributed by atoms with Gasteiger partial charge in [0.25, 0.3) is 5.91 Å². The number of carbonyl (C=O) groups is 5. The topological polar surface area (TPSA) is 193 Å². The number of nitrogens with one attached hydrogen (secondary N) is 2. The van der Waals surface area contributed by atoms with Crippen LogP contribution in [-0.2, 0) is 57.0 Å². The quantitative estimate of drug-likeness (QED) is 0.0909. The molecule has 3 N–H and O–H groups in total. The number of aromatic amines is 1. The molecular weight excluding hydrogens is 981 g/mol. The van der Waals surface area contributed by atoms with Gasteiger partial charge in [0, 0.05) is 103 Å². The summed E-state index contributed by atoms with van der Waals surface area (Å²) < 4.78 is 30.1. The molecule has 1 spiro atoms. The lowest BCUT2D eigenvalue weighted by atomic mass is 9.47. The molecular formula is C60H74N6O11. The molecule has 1 aromatic heterocycles. The van der Waals surface area contributed by atoms with Crippen LogP contribution in [0, 0.1) is 11.3 Å². The van der Waals surface area contributed by atoms with E-state index < -0.39 is 69.1 Å². The number of hydrogen-bond acceptors (Lipinski definition) is 14. The molecule has 1 unspecified atom stereocenters. The molecule has 17 nitrogen and oxygen atoms in total. The number of esters is 3. The molecule has 2 amide bonds. The first-order chi connectivity index (χ1) is 36.7. The van der Waals surface area contributed by atoms with Crippen LogP contribution in [0.15, 0.2) is 66.7 Å². The molecule has 10 atom stereocenters. The first-order valence-corrected chi connectivity index (χ1v) is 27.4. The minimum Gasteiger partial charge on any atom is -0.496 e. The molecule has 77 heavy (non-hydrogen) atoms. The first kappa shape index (κ1) is 52.6. The van der Waals surface area contributed by atoms with E-state index in [0.717, 1.165) is 33.3 Å². The van der Waals surface area contributed by atoms with E-state index in [0.29, 0.717) is 106 Å². The number of rotatable bonds is 9. The number of ether oxygens (including phenoxy) is 5. The van der Waals surface area contributed by atoms with E-state index >= 15 is 4.79 Å². The van der Waals surface area contributed by atoms with Crippen molar-refractivity contribution in [2.24, 2.45) is 11.3 Å². The van der Waals surface area contributed by atoms with Crippen LogP contribution in [-0.4, -0.2) is 152 Å². The molecule has 7 heterocycles. The molecule has 1 saturated carbocycles. The Morgan fingerprint density at radius 1 is 0.870 bits per heavy atom. The van der Waals surface area contributed by atoms with Crippen molar-refractivity contribution in [3.63, 3.8) is 0 Å². The zero-order valence-corrected chi connectivity index (χ0v) is 46.2. The van der Waals surface area contributed by atoms with Gasteiger partial charge in [-0.15, -0.1) is 0 Å². The van der Waals surface area contributed by atoms with Crippen LogP contribution < -0.4 is 19.9 Å². The Kier molecular flexibility index (Phi) is 12.7. The van der Waals surface area contributed by atoms with Crippen molar-refractivity contribution in [1.82, 2.24) is 20.1 Å². The summed E-state index contributed by atoms with van der Waals surface area (Å²) in [5, 5.41) is 18.1. The summed E-state index contributed by atoms with van der Waals surface area (Å²) >= 11 is 0. The third kappa shape index (κ3) is 7.66. The highest BCUT2D eigenvalue weighted by Gasteiger charge is 2.80. The second-order valence-electron chi connectivity index (χ2n) is 23.9. The molecule has 11 rings (SSSR count). The lowest BCUT2D eigenvalue weighted by Crippen LogP contribution is -2.81. The van der Waals surface area contributed by atoms with Crippen LogP contribution >= 0.6 is 0 Å². The molecule has 3 fully saturated rings. The molecule has 3 aromatic carbocycles. The van der Waals surface area contributed by atoms with E-state index in [2.05, 4.69) is 39.2 Å². The summed E-state index contributed by atoms with van der Waals surface area (Å²) in [4.78, 5) is 83.8. The zero-order valence-electron chi connectivity index (χ0n) is 46.2. The van der Waals surface area contributed by atoms with Gasteiger partial charge >= 0.3 is 24.0 Å². The predicted octanol–water partition coefficient (Wildman–Crippen LogP) is 6.73. The Morgan fingerprint density at radius 3 is 2.34 bits per heavy atom. The van der Waals surface area contributed by atoms with Crippen molar-refractivity contribution in [2.45, 2.75) is 132 Å². The summed E-state index contributed by atoms with van der Waals surface area (Å²) in [6.07, 6.45) is 5.93. The van der Waals surface area contributed by atoms with Gasteiger partial charge in [0.1, 0.15) is 16.8 Å². The van der Waals surface area contributed by atoms with Crippen molar-refractivity contribution in [2.75, 3.05) is 77.4 Å². The van der Waals surface area contributed by atoms with Gasteiger partial charge in [-0.3, -0.25) is 24.2 Å². The van der Waals surface area contributed by atoms with Gasteiger partial charge in [-0.25, -0.2) is 9.59 Å². The van der Waals surface area contributed by atoms with Crippen LogP contribution in [0.2, 0.25) is 0 Å². The molecule has 6 aliphatic heterocycles. The number of fused-ring (bicyclic) bond motifs is 7. The SMILES string of the molecule is CC[C@]1(NC(=O)c2ccc3c(c2)CCN3C(=O)OC(C)(C)C)C[C@H]2CN(CCc3c([nH]c4ccccc34)[C@@](C(=O)OC)(c3cc4c(cc3OC)N(C)[C@H]3[C@@](O)(C(=O)OC)[C@H](OC(C)=O)[C@]5(CC)C=CCN6CC[C@]43[C@@H]65)C2)C1. The monoisotopic (exact) mass is 1050 g/mol. The highest BCUT2D eigenvalue weighted by atomic mass is 16.6. The Balaban J connectivity index is 1.06. The fraction of sp³-hybridized carbons (Fsp3) is 0.550. The van der Waals surface area contributed by atoms with E-state index in [-0.39, 0.29) is 24.3 Å². The number of nitrogens with zero attached hydrogens (tertiary/aromatic N) is 4. The smallest absolute Gasteiger partial charge is 0.414 e. The van der Waals surface area contributed by atoms with Crippen molar-refractivity contribution in [3.8, 4) is 5.75 Å². The summed E-state index contributed by atoms with van der Waals surface area (Å²) in [6.45, 7) is 14.5. The second-order valence-corrected chi connectivity index (χ2v) is 23.9. The van der Waals surface area contributed by atoms with Crippen LogP contribution in [0.25, 0.3) is 10.9 Å². The van der Waals surface area contributed by atoms with Gasteiger partial charge in [0.2, 0.25) is 5.60 Å². The lowest BCUT2D eigenvalue weighted by molar-refractivity contribution is -0.228. The maximum absolute atomic E-state index is 15.9. The summed E-state index contributed by atoms with van der Waals surface area (Å²) in [5.74, 6) is -1.98. The van der Waals surface area contributed by atoms with Gasteiger partial charge in [0.15, 0.2) is 6.10 Å². The molecule has 2 saturated heterocycles. The highest BCUT2D eigenvalue weighted by Crippen LogP contribution is 2.68. The average molecular weight is 1060 g/mol. The average Bonchev–Trinajstić information content (AvgIpc) is 3.34. The number of para-hydroxylation sites is 1. The number of anilines is 2. The number of hydrogen-bond donors (Lipinski definition) is 3. The van der Waals surface area contributed by atoms with Crippen LogP contribution in [0.3, 0.4) is 0 Å². The number of methoxy groups -OCH3 is 3. The number of aromatic nitrogens is 1. The molecule has 17 heteroatoms. The fourth-order valence-corrected chi connectivity index (χ4v) is 16.1. The van der Waals surface area contributed by atoms with Crippen molar-refractivity contribution >= 4 is 52.2 Å². The summed E-state index contributed by atoms with van der Waals surface area (Å²) in [7, 11) is 6.14. The van der Waals surface area contributed by atoms with Gasteiger partial charge in [0.05, 0.1) is 38.6 Å². The first-order valence-electron chi connectivity index (χ1n) is 27.4. The molecule has 410 valence electrons. The van der Waals surface area contributed by atoms with E-state index in [4.69, 9.17) is 23.7 Å². The van der Waals surface area contributed by atoms with Crippen LogP contribution in [0.1, 0.15) is 112 Å². The van der Waals surface area contributed by atoms with Crippen molar-refractivity contribution in [1.29, 1.82) is 0 Å². The molecule has 0 radical (unpaired) electrons. The summed E-state index contributed by atoms with van der Waals surface area (Å²) in [6, 6.07) is 16.3. The highest BCUT2D eigenvalue weighted by molar-refractivity contribution is 5.98. The Morgan fingerprint density at radius 2 is 1.64 bits per heavy atom. The maximum atomic E-state index is 15.9. The minimum absolute atomic E-state index is 0.184. The number of aliphatic hydroxyl groups is 1. The fourth-order valence-electron chi connectivity index (χ4n) is 16.1. The Bertz CT molecular complexity index is 3130. The number of amides is 2. The van der Waals surface area contributed by atoms with Gasteiger partial charge < -0.3 is 48.9 Å². The summed E-state index contributed by atoms with van der Waals surface area (Å²) in [5.41, 5.74) is -0.394. The van der Waals surface area contributed by atoms with E-state index in [9.17, 15) is 24.3 Å². The van der Waals surface area contributed by atoms with E-state index in [1.165, 1.54) is 21.1 Å². The second kappa shape index (κ2) is 18.6. The largest absolute Gasteiger partial charge is 0.496 e. The number of carbonyl (C=O) groups excluding carboxylic acids is 5. The van der Waals surface area contributed by atoms with Gasteiger partial charge in [-0.05, 0) is 125 Å². The third-order valence-electron chi connectivity index (χ3n) is 18.9. The zero-order chi connectivity index (χ0) is 54.8. The molecule has 4 aromatic rings. The number of benzene rings is 3. The molecule has 2 bridgehead atoms. The van der Waals surface area contributed by atoms with Crippen molar-refractivity contribution in [3.05, 3.63) is 100 Å². The number of likely N-dealkylation sites (N-methyl/N-ethyl adjacent to an activating group) is 1. The van der Waals surface area contributed by atoms with E-state index in [1.54, 1.807) is 18.1 Å². The minimum atomic E-state index is -2.35. The Labute approximate surface area is 450 Å². The normalized spacial score (nSPS) is 31.9. The van der Waals surface area contributed by atoms with Gasteiger partial charge in [-0.2, -0.15) is 0 Å². The third-order valence-corrected chi connectivity index (χ3v) is 18.9. The predicted molar refractivity (Wildman–Crippen MR) is 289 cm³/mol. The number of H-pyrrole nitrogens is 1. The Hall–Kier alpha value is -6.43. The lowest BCUT2D eigenvalue weighted by Gasteiger charge is -2.63. The van der Waals surface area contributed by atoms with Gasteiger partial charge in [-0.1, -0.05) is 44.2 Å².